The normalized spacial score (nSPS) is 13.2. The highest BCUT2D eigenvalue weighted by molar-refractivity contribution is 5.93. The number of nitrogens with zero attached hydrogens (tertiary/aromatic N) is 1. The third-order valence-corrected chi connectivity index (χ3v) is 3.44. The number of ether oxygens (including phenoxy) is 3. The lowest BCUT2D eigenvalue weighted by atomic mass is 10.2. The van der Waals surface area contributed by atoms with Gasteiger partial charge in [0.15, 0.2) is 11.5 Å². The Bertz CT molecular complexity index is 464. The molecule has 5 nitrogen and oxygen atoms in total. The lowest BCUT2D eigenvalue weighted by Gasteiger charge is -2.25. The maximum absolute atomic E-state index is 12.6. The third-order valence-electron chi connectivity index (χ3n) is 3.44. The fraction of sp³-hybridized carbons (Fsp3) is 0.632. The number of methoxy groups -OCH3 is 2. The molecule has 5 heteroatoms. The quantitative estimate of drug-likeness (QED) is 0.249. The van der Waals surface area contributed by atoms with Crippen LogP contribution in [-0.2, 0) is 19.0 Å². The van der Waals surface area contributed by atoms with Crippen LogP contribution in [0.1, 0.15) is 41.0 Å². The average Bonchev–Trinajstić information content (AvgIpc) is 2.55. The summed E-state index contributed by atoms with van der Waals surface area (Å²) in [5.41, 5.74) is 0.617. The Morgan fingerprint density at radius 2 is 1.83 bits per heavy atom. The summed E-state index contributed by atoms with van der Waals surface area (Å²) in [6.45, 7) is 11.5. The fourth-order valence-corrected chi connectivity index (χ4v) is 2.20. The summed E-state index contributed by atoms with van der Waals surface area (Å²) in [6.07, 6.45) is 6.20. The van der Waals surface area contributed by atoms with Crippen molar-refractivity contribution in [2.75, 3.05) is 34.0 Å². The molecule has 0 aliphatic heterocycles. The first-order valence-electron chi connectivity index (χ1n) is 8.44. The van der Waals surface area contributed by atoms with Gasteiger partial charge in [-0.05, 0) is 46.8 Å². The van der Waals surface area contributed by atoms with Crippen LogP contribution in [0.25, 0.3) is 0 Å². The minimum absolute atomic E-state index is 0.00132. The lowest BCUT2D eigenvalue weighted by Crippen LogP contribution is -2.37. The van der Waals surface area contributed by atoms with Gasteiger partial charge in [0.1, 0.15) is 0 Å². The van der Waals surface area contributed by atoms with Crippen molar-refractivity contribution in [3.05, 3.63) is 35.3 Å². The van der Waals surface area contributed by atoms with E-state index in [1.165, 1.54) is 0 Å². The molecule has 1 amide bonds. The summed E-state index contributed by atoms with van der Waals surface area (Å²) in [5.74, 6) is 1.15. The van der Waals surface area contributed by atoms with Crippen LogP contribution < -0.4 is 0 Å². The van der Waals surface area contributed by atoms with E-state index in [1.54, 1.807) is 27.2 Å². The Kier molecular flexibility index (Phi) is 11.7. The van der Waals surface area contributed by atoms with E-state index in [1.807, 2.05) is 44.7 Å². The summed E-state index contributed by atoms with van der Waals surface area (Å²) in [6, 6.07) is 0.151. The van der Waals surface area contributed by atoms with Gasteiger partial charge in [-0.2, -0.15) is 0 Å². The van der Waals surface area contributed by atoms with Gasteiger partial charge in [0.25, 0.3) is 0 Å². The number of amides is 1. The SMILES string of the molecule is C\C=C/C(OC)=C(\C=C(/C)C(=O)N(CC)C(C)C)OCCCOC. The molecule has 0 rings (SSSR count). The number of hydrogen-bond donors (Lipinski definition) is 0. The molecular formula is C19H33NO4. The first-order chi connectivity index (χ1) is 11.4. The van der Waals surface area contributed by atoms with Crippen LogP contribution in [0.3, 0.4) is 0 Å². The van der Waals surface area contributed by atoms with Gasteiger partial charge in [-0.25, -0.2) is 0 Å². The average molecular weight is 339 g/mol. The number of rotatable bonds is 11. The zero-order valence-corrected chi connectivity index (χ0v) is 16.2. The van der Waals surface area contributed by atoms with E-state index in [-0.39, 0.29) is 11.9 Å². The van der Waals surface area contributed by atoms with Crippen molar-refractivity contribution in [2.45, 2.75) is 47.1 Å². The maximum Gasteiger partial charge on any atom is 0.249 e. The molecule has 0 N–H and O–H groups in total. The van der Waals surface area contributed by atoms with E-state index in [0.29, 0.717) is 36.8 Å². The Labute approximate surface area is 147 Å². The Morgan fingerprint density at radius 3 is 2.29 bits per heavy atom. The molecule has 0 aromatic carbocycles. The molecule has 0 aliphatic rings. The van der Waals surface area contributed by atoms with Gasteiger partial charge in [-0.3, -0.25) is 4.79 Å². The number of carbonyl (C=O) groups excluding carboxylic acids is 1. The summed E-state index contributed by atoms with van der Waals surface area (Å²) < 4.78 is 16.2. The second kappa shape index (κ2) is 12.6. The molecular weight excluding hydrogens is 306 g/mol. The van der Waals surface area contributed by atoms with Crippen molar-refractivity contribution in [3.63, 3.8) is 0 Å². The molecule has 0 aliphatic carbocycles. The Balaban J connectivity index is 5.44. The lowest BCUT2D eigenvalue weighted by molar-refractivity contribution is -0.128. The number of carbonyl (C=O) groups is 1. The van der Waals surface area contributed by atoms with E-state index in [4.69, 9.17) is 14.2 Å². The van der Waals surface area contributed by atoms with Crippen molar-refractivity contribution in [2.24, 2.45) is 0 Å². The van der Waals surface area contributed by atoms with Crippen LogP contribution in [0.2, 0.25) is 0 Å². The van der Waals surface area contributed by atoms with Crippen LogP contribution in [0.4, 0.5) is 0 Å². The fourth-order valence-electron chi connectivity index (χ4n) is 2.20. The number of hydrogen-bond acceptors (Lipinski definition) is 4. The van der Waals surface area contributed by atoms with Crippen LogP contribution >= 0.6 is 0 Å². The van der Waals surface area contributed by atoms with E-state index in [9.17, 15) is 4.79 Å². The minimum Gasteiger partial charge on any atom is -0.493 e. The van der Waals surface area contributed by atoms with Gasteiger partial charge < -0.3 is 19.1 Å². The van der Waals surface area contributed by atoms with E-state index >= 15 is 0 Å². The largest absolute Gasteiger partial charge is 0.493 e. The highest BCUT2D eigenvalue weighted by Crippen LogP contribution is 2.16. The van der Waals surface area contributed by atoms with E-state index in [0.717, 1.165) is 6.42 Å². The third kappa shape index (κ3) is 7.68. The minimum atomic E-state index is 0.00132. The predicted molar refractivity (Wildman–Crippen MR) is 97.6 cm³/mol. The summed E-state index contributed by atoms with van der Waals surface area (Å²) >= 11 is 0. The molecule has 0 radical (unpaired) electrons. The smallest absolute Gasteiger partial charge is 0.249 e. The molecule has 0 heterocycles. The maximum atomic E-state index is 12.6. The van der Waals surface area contributed by atoms with Gasteiger partial charge in [0, 0.05) is 38.3 Å². The van der Waals surface area contributed by atoms with Crippen molar-refractivity contribution >= 4 is 5.91 Å². The van der Waals surface area contributed by atoms with E-state index < -0.39 is 0 Å². The Morgan fingerprint density at radius 1 is 1.17 bits per heavy atom. The molecule has 0 unspecified atom stereocenters. The second-order valence-corrected chi connectivity index (χ2v) is 5.64. The van der Waals surface area contributed by atoms with Gasteiger partial charge in [-0.15, -0.1) is 0 Å². The van der Waals surface area contributed by atoms with Crippen LogP contribution in [0, 0.1) is 0 Å². The first kappa shape index (κ1) is 22.2. The van der Waals surface area contributed by atoms with Gasteiger partial charge in [0.2, 0.25) is 5.91 Å². The van der Waals surface area contributed by atoms with Crippen molar-refractivity contribution in [1.82, 2.24) is 4.90 Å². The van der Waals surface area contributed by atoms with Crippen molar-refractivity contribution in [3.8, 4) is 0 Å². The second-order valence-electron chi connectivity index (χ2n) is 5.64. The van der Waals surface area contributed by atoms with E-state index in [2.05, 4.69) is 0 Å². The Hall–Kier alpha value is -1.75. The number of allylic oxidation sites excluding steroid dienone is 3. The summed E-state index contributed by atoms with van der Waals surface area (Å²) in [4.78, 5) is 14.4. The van der Waals surface area contributed by atoms with Crippen LogP contribution in [0.15, 0.2) is 35.3 Å². The molecule has 0 fully saturated rings. The molecule has 0 aromatic heterocycles. The highest BCUT2D eigenvalue weighted by atomic mass is 16.5. The highest BCUT2D eigenvalue weighted by Gasteiger charge is 2.17. The standard InChI is InChI=1S/C19H33NO4/c1-8-11-17(23-7)18(24-13-10-12-22-6)14-16(5)19(21)20(9-2)15(3)4/h8,11,14-15H,9-10,12-13H2,1-7H3/b11-8-,16-14+,18-17-. The molecule has 0 bridgehead atoms. The zero-order chi connectivity index (χ0) is 18.5. The predicted octanol–water partition coefficient (Wildman–Crippen LogP) is 3.68. The zero-order valence-electron chi connectivity index (χ0n) is 16.2. The molecule has 24 heavy (non-hydrogen) atoms. The molecule has 0 atom stereocenters. The van der Waals surface area contributed by atoms with Crippen LogP contribution in [-0.4, -0.2) is 50.8 Å². The van der Waals surface area contributed by atoms with Crippen molar-refractivity contribution < 1.29 is 19.0 Å². The van der Waals surface area contributed by atoms with Gasteiger partial charge in [0.05, 0.1) is 13.7 Å². The number of likely N-dealkylation sites (N-methyl/N-ethyl adjacent to an activating group) is 1. The van der Waals surface area contributed by atoms with Crippen molar-refractivity contribution in [1.29, 1.82) is 0 Å². The summed E-state index contributed by atoms with van der Waals surface area (Å²) in [7, 11) is 3.25. The molecule has 0 saturated carbocycles. The van der Waals surface area contributed by atoms with Crippen LogP contribution in [0.5, 0.6) is 0 Å². The molecule has 0 saturated heterocycles. The molecule has 138 valence electrons. The monoisotopic (exact) mass is 339 g/mol. The molecule has 0 spiro atoms. The van der Waals surface area contributed by atoms with Gasteiger partial charge >= 0.3 is 0 Å². The molecule has 0 aromatic rings. The van der Waals surface area contributed by atoms with Gasteiger partial charge in [-0.1, -0.05) is 6.08 Å². The summed E-state index contributed by atoms with van der Waals surface area (Å²) in [5, 5.41) is 0. The topological polar surface area (TPSA) is 48.0 Å². The first-order valence-corrected chi connectivity index (χ1v) is 8.44.